The Morgan fingerprint density at radius 2 is 1.83 bits per heavy atom. The predicted octanol–water partition coefficient (Wildman–Crippen LogP) is 2.90. The molecule has 0 aromatic heterocycles. The number of nitrogens with two attached hydrogens (primary N) is 1. The van der Waals surface area contributed by atoms with E-state index in [-0.39, 0.29) is 12.1 Å². The van der Waals surface area contributed by atoms with Gasteiger partial charge in [-0.2, -0.15) is 0 Å². The second-order valence-corrected chi connectivity index (χ2v) is 4.79. The smallest absolute Gasteiger partial charge is 0.119 e. The Bertz CT molecular complexity index is 359. The Hall–Kier alpha value is -1.06. The highest BCUT2D eigenvalue weighted by Gasteiger charge is 2.36. The highest BCUT2D eigenvalue weighted by molar-refractivity contribution is 5.29. The summed E-state index contributed by atoms with van der Waals surface area (Å²) in [5.41, 5.74) is 7.45. The molecule has 0 aliphatic heterocycles. The molecule has 1 aromatic carbocycles. The highest BCUT2D eigenvalue weighted by atomic mass is 16.5. The number of hydrogen-bond acceptors (Lipinski definition) is 3. The van der Waals surface area contributed by atoms with Crippen LogP contribution in [0.5, 0.6) is 5.75 Å². The van der Waals surface area contributed by atoms with Crippen molar-refractivity contribution in [1.29, 1.82) is 0 Å². The second kappa shape index (κ2) is 6.21. The van der Waals surface area contributed by atoms with Crippen molar-refractivity contribution in [3.63, 3.8) is 0 Å². The third kappa shape index (κ3) is 3.24. The van der Waals surface area contributed by atoms with Crippen molar-refractivity contribution in [2.45, 2.75) is 38.8 Å². The fourth-order valence-electron chi connectivity index (χ4n) is 2.29. The zero-order chi connectivity index (χ0) is 13.0. The van der Waals surface area contributed by atoms with Gasteiger partial charge in [0.2, 0.25) is 0 Å². The number of hydrogen-bond donors (Lipinski definition) is 1. The van der Waals surface area contributed by atoms with Crippen LogP contribution in [0.1, 0.15) is 38.3 Å². The van der Waals surface area contributed by atoms with Crippen LogP contribution in [0.25, 0.3) is 0 Å². The maximum absolute atomic E-state index is 6.32. The molecule has 18 heavy (non-hydrogen) atoms. The lowest BCUT2D eigenvalue weighted by atomic mass is 9.99. The van der Waals surface area contributed by atoms with Crippen molar-refractivity contribution >= 4 is 0 Å². The number of rotatable bonds is 7. The summed E-state index contributed by atoms with van der Waals surface area (Å²) in [6.45, 7) is 5.43. The van der Waals surface area contributed by atoms with E-state index in [2.05, 4.69) is 0 Å². The Morgan fingerprint density at radius 1 is 1.17 bits per heavy atom. The van der Waals surface area contributed by atoms with Gasteiger partial charge in [0.15, 0.2) is 0 Å². The first-order valence-corrected chi connectivity index (χ1v) is 6.86. The van der Waals surface area contributed by atoms with E-state index in [1.165, 1.54) is 12.8 Å². The summed E-state index contributed by atoms with van der Waals surface area (Å²) in [5, 5.41) is 0. The van der Waals surface area contributed by atoms with Crippen molar-refractivity contribution < 1.29 is 9.47 Å². The lowest BCUT2D eigenvalue weighted by molar-refractivity contribution is 0.0283. The molecular formula is C15H23NO2. The monoisotopic (exact) mass is 249 g/mol. The van der Waals surface area contributed by atoms with Crippen molar-refractivity contribution in [2.24, 2.45) is 11.7 Å². The predicted molar refractivity (Wildman–Crippen MR) is 72.7 cm³/mol. The molecule has 100 valence electrons. The van der Waals surface area contributed by atoms with Crippen LogP contribution in [0, 0.1) is 5.92 Å². The first-order chi connectivity index (χ1) is 8.76. The molecule has 0 radical (unpaired) electrons. The minimum absolute atomic E-state index is 0.0341. The summed E-state index contributed by atoms with van der Waals surface area (Å²) in [5.74, 6) is 1.54. The molecule has 0 spiro atoms. The van der Waals surface area contributed by atoms with Crippen LogP contribution in [0.15, 0.2) is 24.3 Å². The number of ether oxygens (including phenoxy) is 2. The quantitative estimate of drug-likeness (QED) is 0.808. The highest BCUT2D eigenvalue weighted by Crippen LogP contribution is 2.39. The lowest BCUT2D eigenvalue weighted by Gasteiger charge is -2.24. The zero-order valence-electron chi connectivity index (χ0n) is 11.3. The SMILES string of the molecule is CCOc1ccc(C(N)C(OCC)C2CC2)cc1. The van der Waals surface area contributed by atoms with Gasteiger partial charge in [0.1, 0.15) is 5.75 Å². The van der Waals surface area contributed by atoms with Crippen molar-refractivity contribution in [1.82, 2.24) is 0 Å². The first kappa shape index (κ1) is 13.4. The van der Waals surface area contributed by atoms with Crippen molar-refractivity contribution in [3.8, 4) is 5.75 Å². The van der Waals surface area contributed by atoms with Gasteiger partial charge in [-0.15, -0.1) is 0 Å². The summed E-state index contributed by atoms with van der Waals surface area (Å²) in [6, 6.07) is 8.02. The van der Waals surface area contributed by atoms with Gasteiger partial charge in [-0.3, -0.25) is 0 Å². The van der Waals surface area contributed by atoms with Crippen molar-refractivity contribution in [2.75, 3.05) is 13.2 Å². The molecule has 2 rings (SSSR count). The third-order valence-corrected chi connectivity index (χ3v) is 3.38. The molecule has 3 heteroatoms. The van der Waals surface area contributed by atoms with Gasteiger partial charge in [0.05, 0.1) is 18.8 Å². The molecule has 0 saturated heterocycles. The normalized spacial score (nSPS) is 18.4. The van der Waals surface area contributed by atoms with Crippen LogP contribution in [-0.2, 0) is 4.74 Å². The maximum Gasteiger partial charge on any atom is 0.119 e. The lowest BCUT2D eigenvalue weighted by Crippen LogP contribution is -2.30. The van der Waals surface area contributed by atoms with E-state index in [0.717, 1.165) is 17.9 Å². The van der Waals surface area contributed by atoms with E-state index >= 15 is 0 Å². The molecule has 1 saturated carbocycles. The molecule has 2 unspecified atom stereocenters. The summed E-state index contributed by atoms with van der Waals surface area (Å²) in [6.07, 6.45) is 2.65. The molecule has 0 bridgehead atoms. The molecule has 2 atom stereocenters. The first-order valence-electron chi connectivity index (χ1n) is 6.86. The van der Waals surface area contributed by atoms with E-state index in [0.29, 0.717) is 12.5 Å². The van der Waals surface area contributed by atoms with Crippen LogP contribution in [0.2, 0.25) is 0 Å². The average Bonchev–Trinajstić information content (AvgIpc) is 3.21. The fraction of sp³-hybridized carbons (Fsp3) is 0.600. The second-order valence-electron chi connectivity index (χ2n) is 4.79. The molecule has 0 amide bonds. The van der Waals surface area contributed by atoms with E-state index in [9.17, 15) is 0 Å². The van der Waals surface area contributed by atoms with Gasteiger partial charge in [0.25, 0.3) is 0 Å². The minimum Gasteiger partial charge on any atom is -0.494 e. The summed E-state index contributed by atoms with van der Waals surface area (Å²) in [4.78, 5) is 0. The van der Waals surface area contributed by atoms with E-state index < -0.39 is 0 Å². The summed E-state index contributed by atoms with van der Waals surface area (Å²) in [7, 11) is 0. The van der Waals surface area contributed by atoms with E-state index in [1.54, 1.807) is 0 Å². The summed E-state index contributed by atoms with van der Waals surface area (Å²) >= 11 is 0. The number of benzene rings is 1. The van der Waals surface area contributed by atoms with Crippen molar-refractivity contribution in [3.05, 3.63) is 29.8 Å². The molecular weight excluding hydrogens is 226 g/mol. The van der Waals surface area contributed by atoms with Gasteiger partial charge in [-0.05, 0) is 50.3 Å². The Labute approximate surface area is 109 Å². The Morgan fingerprint density at radius 3 is 2.33 bits per heavy atom. The Balaban J connectivity index is 2.03. The van der Waals surface area contributed by atoms with E-state index in [4.69, 9.17) is 15.2 Å². The van der Waals surface area contributed by atoms with Crippen LogP contribution >= 0.6 is 0 Å². The molecule has 1 aromatic rings. The molecule has 3 nitrogen and oxygen atoms in total. The van der Waals surface area contributed by atoms with Gasteiger partial charge < -0.3 is 15.2 Å². The molecule has 1 aliphatic rings. The van der Waals surface area contributed by atoms with Gasteiger partial charge >= 0.3 is 0 Å². The van der Waals surface area contributed by atoms with Crippen LogP contribution in [0.3, 0.4) is 0 Å². The van der Waals surface area contributed by atoms with Crippen LogP contribution in [-0.4, -0.2) is 19.3 Å². The van der Waals surface area contributed by atoms with Crippen LogP contribution < -0.4 is 10.5 Å². The fourth-order valence-corrected chi connectivity index (χ4v) is 2.29. The molecule has 0 heterocycles. The zero-order valence-corrected chi connectivity index (χ0v) is 11.3. The van der Waals surface area contributed by atoms with Crippen LogP contribution in [0.4, 0.5) is 0 Å². The molecule has 2 N–H and O–H groups in total. The Kier molecular flexibility index (Phi) is 4.61. The summed E-state index contributed by atoms with van der Waals surface area (Å²) < 4.78 is 11.2. The maximum atomic E-state index is 6.32. The van der Waals surface area contributed by atoms with Gasteiger partial charge in [-0.1, -0.05) is 12.1 Å². The molecule has 1 fully saturated rings. The van der Waals surface area contributed by atoms with Gasteiger partial charge in [-0.25, -0.2) is 0 Å². The van der Waals surface area contributed by atoms with E-state index in [1.807, 2.05) is 38.1 Å². The van der Waals surface area contributed by atoms with Gasteiger partial charge in [0, 0.05) is 6.61 Å². The molecule has 1 aliphatic carbocycles. The third-order valence-electron chi connectivity index (χ3n) is 3.38. The standard InChI is InChI=1S/C15H23NO2/c1-3-17-13-9-7-11(8-10-13)14(16)15(18-4-2)12-5-6-12/h7-10,12,14-15H,3-6,16H2,1-2H3. The largest absolute Gasteiger partial charge is 0.494 e. The topological polar surface area (TPSA) is 44.5 Å². The average molecular weight is 249 g/mol. The minimum atomic E-state index is -0.0341.